The molecule has 0 amide bonds. The molecule has 4 rings (SSSR count). The molecule has 0 aliphatic rings. The Balaban J connectivity index is 1.61. The first-order chi connectivity index (χ1) is 16.6. The molecule has 0 saturated carbocycles. The van der Waals surface area contributed by atoms with Gasteiger partial charge in [0.15, 0.2) is 15.7 Å². The van der Waals surface area contributed by atoms with Crippen molar-refractivity contribution in [2.75, 3.05) is 0 Å². The Kier molecular flexibility index (Phi) is 6.95. The summed E-state index contributed by atoms with van der Waals surface area (Å²) in [4.78, 5) is 18.7. The Bertz CT molecular complexity index is 1470. The number of sulfone groups is 1. The van der Waals surface area contributed by atoms with Crippen molar-refractivity contribution in [2.45, 2.75) is 43.0 Å². The van der Waals surface area contributed by atoms with Crippen molar-refractivity contribution in [3.05, 3.63) is 75.2 Å². The van der Waals surface area contributed by atoms with Crippen molar-refractivity contribution in [2.24, 2.45) is 0 Å². The minimum Gasteiger partial charge on any atom is -0.296 e. The number of nitrogens with one attached hydrogen (secondary N) is 1. The van der Waals surface area contributed by atoms with Crippen LogP contribution in [0.4, 0.5) is 13.2 Å². The lowest BCUT2D eigenvalue weighted by Crippen LogP contribution is -2.06. The van der Waals surface area contributed by atoms with E-state index in [2.05, 4.69) is 19.6 Å². The maximum absolute atomic E-state index is 13.1. The largest absolute Gasteiger partial charge is 0.439 e. The van der Waals surface area contributed by atoms with E-state index in [0.717, 1.165) is 25.0 Å². The third kappa shape index (κ3) is 5.70. The monoisotopic (exact) mass is 523 g/mol. The molecule has 0 unspecified atom stereocenters. The van der Waals surface area contributed by atoms with Crippen LogP contribution in [0, 0.1) is 0 Å². The van der Waals surface area contributed by atoms with Crippen molar-refractivity contribution < 1.29 is 26.1 Å². The highest BCUT2D eigenvalue weighted by atomic mass is 32.2. The Morgan fingerprint density at radius 3 is 2.26 bits per heavy atom. The standard InChI is InChI=1S/C23H20F3N3O4S2/c1-2-3-4-18-19(34-21(27-18)15-5-9-16(10-6-15)23(24,25)26)13-35(31,32)17-11-7-14(8-12-17)20-28-22(30)33-29-20/h5-12H,2-4,13H2,1H3,(H,28,29,30). The zero-order valence-electron chi connectivity index (χ0n) is 18.4. The summed E-state index contributed by atoms with van der Waals surface area (Å²) in [7, 11) is -3.74. The van der Waals surface area contributed by atoms with Crippen molar-refractivity contribution in [3.63, 3.8) is 0 Å². The molecular weight excluding hydrogens is 503 g/mol. The molecule has 0 bridgehead atoms. The van der Waals surface area contributed by atoms with Gasteiger partial charge in [-0.05, 0) is 49.2 Å². The minimum absolute atomic E-state index is 0.0815. The van der Waals surface area contributed by atoms with E-state index in [0.29, 0.717) is 33.1 Å². The average Bonchev–Trinajstić information content (AvgIpc) is 3.43. The fourth-order valence-electron chi connectivity index (χ4n) is 3.39. The maximum atomic E-state index is 13.1. The van der Waals surface area contributed by atoms with E-state index in [1.807, 2.05) is 6.92 Å². The summed E-state index contributed by atoms with van der Waals surface area (Å²) in [5.41, 5.74) is 0.855. The Morgan fingerprint density at radius 1 is 1.03 bits per heavy atom. The average molecular weight is 524 g/mol. The van der Waals surface area contributed by atoms with E-state index in [4.69, 9.17) is 0 Å². The third-order valence-corrected chi connectivity index (χ3v) is 8.24. The molecule has 2 aromatic carbocycles. The summed E-state index contributed by atoms with van der Waals surface area (Å²) in [6.45, 7) is 2.00. The van der Waals surface area contributed by atoms with Gasteiger partial charge in [0.25, 0.3) is 0 Å². The Labute approximate surface area is 202 Å². The van der Waals surface area contributed by atoms with Crippen LogP contribution in [0.15, 0.2) is 62.7 Å². The van der Waals surface area contributed by atoms with E-state index in [1.165, 1.54) is 47.7 Å². The topological polar surface area (TPSA) is 106 Å². The second-order valence-electron chi connectivity index (χ2n) is 7.79. The number of benzene rings is 2. The number of hydrogen-bond donors (Lipinski definition) is 1. The molecule has 0 spiro atoms. The maximum Gasteiger partial charge on any atom is 0.439 e. The molecule has 35 heavy (non-hydrogen) atoms. The fraction of sp³-hybridized carbons (Fsp3) is 0.261. The Hall–Kier alpha value is -3.25. The van der Waals surface area contributed by atoms with Crippen LogP contribution in [0.25, 0.3) is 22.0 Å². The van der Waals surface area contributed by atoms with Gasteiger partial charge in [-0.3, -0.25) is 9.51 Å². The van der Waals surface area contributed by atoms with E-state index in [9.17, 15) is 26.4 Å². The van der Waals surface area contributed by atoms with Gasteiger partial charge in [0.1, 0.15) is 5.01 Å². The number of H-pyrrole nitrogens is 1. The van der Waals surface area contributed by atoms with Crippen LogP contribution in [0.3, 0.4) is 0 Å². The molecule has 0 aliphatic carbocycles. The number of unbranched alkanes of at least 4 members (excludes halogenated alkanes) is 1. The predicted octanol–water partition coefficient (Wildman–Crippen LogP) is 5.49. The second-order valence-corrected chi connectivity index (χ2v) is 10.9. The second kappa shape index (κ2) is 9.78. The van der Waals surface area contributed by atoms with Gasteiger partial charge in [-0.15, -0.1) is 11.3 Å². The van der Waals surface area contributed by atoms with Crippen molar-refractivity contribution in [1.82, 2.24) is 15.1 Å². The fourth-order valence-corrected chi connectivity index (χ4v) is 6.23. The van der Waals surface area contributed by atoms with Gasteiger partial charge in [0.05, 0.1) is 21.9 Å². The molecule has 184 valence electrons. The number of aryl methyl sites for hydroxylation is 1. The van der Waals surface area contributed by atoms with Crippen molar-refractivity contribution >= 4 is 21.2 Å². The normalized spacial score (nSPS) is 12.2. The Morgan fingerprint density at radius 2 is 1.69 bits per heavy atom. The molecule has 0 aliphatic heterocycles. The van der Waals surface area contributed by atoms with Gasteiger partial charge >= 0.3 is 11.9 Å². The molecule has 1 N–H and O–H groups in total. The molecule has 2 aromatic heterocycles. The summed E-state index contributed by atoms with van der Waals surface area (Å²) in [5.74, 6) is -0.820. The molecule has 0 fully saturated rings. The molecule has 4 aromatic rings. The number of halogens is 3. The summed E-state index contributed by atoms with van der Waals surface area (Å²) in [6.07, 6.45) is -2.19. The van der Waals surface area contributed by atoms with E-state index in [1.54, 1.807) is 0 Å². The van der Waals surface area contributed by atoms with Crippen LogP contribution < -0.4 is 5.76 Å². The molecular formula is C23H20F3N3O4S2. The smallest absolute Gasteiger partial charge is 0.296 e. The predicted molar refractivity (Wildman–Crippen MR) is 125 cm³/mol. The van der Waals surface area contributed by atoms with E-state index < -0.39 is 27.3 Å². The number of thiazole rings is 1. The highest BCUT2D eigenvalue weighted by Gasteiger charge is 2.30. The summed E-state index contributed by atoms with van der Waals surface area (Å²) >= 11 is 1.17. The van der Waals surface area contributed by atoms with Gasteiger partial charge in [0.2, 0.25) is 0 Å². The molecule has 2 heterocycles. The number of hydrogen-bond acceptors (Lipinski definition) is 7. The van der Waals surface area contributed by atoms with Crippen molar-refractivity contribution in [3.8, 4) is 22.0 Å². The van der Waals surface area contributed by atoms with Gasteiger partial charge in [-0.2, -0.15) is 13.2 Å². The van der Waals surface area contributed by atoms with Crippen molar-refractivity contribution in [1.29, 1.82) is 0 Å². The van der Waals surface area contributed by atoms with E-state index >= 15 is 0 Å². The SMILES string of the molecule is CCCCc1nc(-c2ccc(C(F)(F)F)cc2)sc1CS(=O)(=O)c1ccc(-c2noc(=O)[nH]2)cc1. The van der Waals surface area contributed by atoms with E-state index in [-0.39, 0.29) is 16.5 Å². The lowest BCUT2D eigenvalue weighted by Gasteiger charge is -2.06. The summed E-state index contributed by atoms with van der Waals surface area (Å²) in [6, 6.07) is 10.5. The van der Waals surface area contributed by atoms with Gasteiger partial charge in [-0.1, -0.05) is 30.6 Å². The molecule has 0 atom stereocenters. The zero-order valence-corrected chi connectivity index (χ0v) is 20.1. The number of aromatic nitrogens is 3. The van der Waals surface area contributed by atoms with Gasteiger partial charge in [-0.25, -0.2) is 18.2 Å². The van der Waals surface area contributed by atoms with Crippen LogP contribution in [0.2, 0.25) is 0 Å². The number of aromatic amines is 1. The summed E-state index contributed by atoms with van der Waals surface area (Å²) < 4.78 is 69.4. The first-order valence-corrected chi connectivity index (χ1v) is 13.1. The quantitative estimate of drug-likeness (QED) is 0.327. The highest BCUT2D eigenvalue weighted by molar-refractivity contribution is 7.90. The zero-order chi connectivity index (χ0) is 25.2. The van der Waals surface area contributed by atoms with Crippen LogP contribution in [-0.4, -0.2) is 23.5 Å². The lowest BCUT2D eigenvalue weighted by atomic mass is 10.1. The first kappa shape index (κ1) is 24.9. The number of rotatable bonds is 8. The van der Waals surface area contributed by atoms with Crippen LogP contribution in [0.1, 0.15) is 35.9 Å². The third-order valence-electron chi connectivity index (χ3n) is 5.25. The minimum atomic E-state index is -4.44. The molecule has 0 radical (unpaired) electrons. The first-order valence-electron chi connectivity index (χ1n) is 10.6. The van der Waals surface area contributed by atoms with Crippen LogP contribution in [0.5, 0.6) is 0 Å². The number of nitrogens with zero attached hydrogens (tertiary/aromatic N) is 2. The molecule has 7 nitrogen and oxygen atoms in total. The summed E-state index contributed by atoms with van der Waals surface area (Å²) in [5, 5.41) is 4.05. The van der Waals surface area contributed by atoms with Gasteiger partial charge < -0.3 is 0 Å². The highest BCUT2D eigenvalue weighted by Crippen LogP contribution is 2.34. The van der Waals surface area contributed by atoms with Crippen LogP contribution >= 0.6 is 11.3 Å². The molecule has 0 saturated heterocycles. The van der Waals surface area contributed by atoms with Crippen LogP contribution in [-0.2, 0) is 28.2 Å². The molecule has 12 heteroatoms. The van der Waals surface area contributed by atoms with Gasteiger partial charge in [0, 0.05) is 16.0 Å². The lowest BCUT2D eigenvalue weighted by molar-refractivity contribution is -0.137. The number of alkyl halides is 3.